The smallest absolute Gasteiger partial charge is 0.232 e. The molecule has 138 valence electrons. The van der Waals surface area contributed by atoms with Crippen LogP contribution in [0.3, 0.4) is 0 Å². The van der Waals surface area contributed by atoms with Gasteiger partial charge in [0.05, 0.1) is 10.7 Å². The Hall–Kier alpha value is -1.83. The number of thiocarbonyl (C=S) groups is 1. The lowest BCUT2D eigenvalue weighted by atomic mass is 10.2. The lowest BCUT2D eigenvalue weighted by Crippen LogP contribution is -2.43. The fourth-order valence-electron chi connectivity index (χ4n) is 2.41. The van der Waals surface area contributed by atoms with Gasteiger partial charge in [-0.3, -0.25) is 10.2 Å². The van der Waals surface area contributed by atoms with Crippen molar-refractivity contribution in [3.05, 3.63) is 52.0 Å². The molecule has 1 amide bonds. The van der Waals surface area contributed by atoms with Gasteiger partial charge in [0.25, 0.3) is 0 Å². The minimum absolute atomic E-state index is 0.281. The highest BCUT2D eigenvalue weighted by Crippen LogP contribution is 2.25. The number of amides is 1. The normalized spacial score (nSPS) is 10.2. The number of carbonyl (C=O) groups excluding carboxylic acids is 1. The molecular formula is C18H20BrClN4OS. The van der Waals surface area contributed by atoms with E-state index in [0.717, 1.165) is 28.9 Å². The van der Waals surface area contributed by atoms with E-state index in [-0.39, 0.29) is 5.11 Å². The standard InChI is InChI=1S/C18H20BrClN4OS/c1-3-23(4-2)14-6-8-15(9-7-14)24(12-25)22-18(26)21-13-5-10-16(19)17(20)11-13/h5-12H,3-4H2,1-2H3,(H2,21,22,26). The lowest BCUT2D eigenvalue weighted by Gasteiger charge is -2.24. The SMILES string of the molecule is CCN(CC)c1ccc(N(C=O)NC(=S)Nc2ccc(Br)c(Cl)c2)cc1. The molecule has 8 heteroatoms. The second-order valence-electron chi connectivity index (χ2n) is 5.36. The van der Waals surface area contributed by atoms with Crippen molar-refractivity contribution in [2.24, 2.45) is 0 Å². The van der Waals surface area contributed by atoms with E-state index >= 15 is 0 Å². The first kappa shape index (κ1) is 20.5. The van der Waals surface area contributed by atoms with E-state index in [4.69, 9.17) is 23.8 Å². The van der Waals surface area contributed by atoms with Crippen molar-refractivity contribution in [3.63, 3.8) is 0 Å². The molecule has 0 saturated heterocycles. The topological polar surface area (TPSA) is 47.6 Å². The van der Waals surface area contributed by atoms with Gasteiger partial charge in [0, 0.05) is 28.9 Å². The molecule has 0 aliphatic carbocycles. The lowest BCUT2D eigenvalue weighted by molar-refractivity contribution is -0.107. The molecule has 0 aromatic heterocycles. The van der Waals surface area contributed by atoms with Crippen molar-refractivity contribution < 1.29 is 4.79 Å². The van der Waals surface area contributed by atoms with Crippen LogP contribution in [0.15, 0.2) is 46.9 Å². The fourth-order valence-corrected chi connectivity index (χ4v) is 3.05. The minimum Gasteiger partial charge on any atom is -0.372 e. The van der Waals surface area contributed by atoms with Gasteiger partial charge in [-0.1, -0.05) is 11.6 Å². The number of benzene rings is 2. The van der Waals surface area contributed by atoms with Crippen molar-refractivity contribution in [1.82, 2.24) is 5.43 Å². The van der Waals surface area contributed by atoms with Crippen LogP contribution in [0.25, 0.3) is 0 Å². The summed E-state index contributed by atoms with van der Waals surface area (Å²) in [5, 5.41) is 5.17. The van der Waals surface area contributed by atoms with Crippen molar-refractivity contribution >= 4 is 68.3 Å². The first-order valence-electron chi connectivity index (χ1n) is 8.10. The summed E-state index contributed by atoms with van der Waals surface area (Å²) < 4.78 is 0.798. The molecule has 2 rings (SSSR count). The fraction of sp³-hybridized carbons (Fsp3) is 0.222. The predicted molar refractivity (Wildman–Crippen MR) is 117 cm³/mol. The molecular weight excluding hydrogens is 436 g/mol. The molecule has 26 heavy (non-hydrogen) atoms. The van der Waals surface area contributed by atoms with Crippen molar-refractivity contribution in [2.45, 2.75) is 13.8 Å². The summed E-state index contributed by atoms with van der Waals surface area (Å²) >= 11 is 14.7. The molecule has 2 N–H and O–H groups in total. The molecule has 0 fully saturated rings. The summed E-state index contributed by atoms with van der Waals surface area (Å²) in [5.74, 6) is 0. The Morgan fingerprint density at radius 1 is 1.15 bits per heavy atom. The van der Waals surface area contributed by atoms with Gasteiger partial charge in [-0.2, -0.15) is 0 Å². The molecule has 0 radical (unpaired) electrons. The Labute approximate surface area is 172 Å². The second-order valence-corrected chi connectivity index (χ2v) is 7.03. The first-order valence-corrected chi connectivity index (χ1v) is 9.68. The zero-order valence-corrected chi connectivity index (χ0v) is 17.7. The van der Waals surface area contributed by atoms with Gasteiger partial charge >= 0.3 is 0 Å². The average Bonchev–Trinajstić information content (AvgIpc) is 2.64. The third-order valence-electron chi connectivity index (χ3n) is 3.76. The van der Waals surface area contributed by atoms with Crippen LogP contribution in [0.1, 0.15) is 13.8 Å². The number of anilines is 3. The zero-order valence-electron chi connectivity index (χ0n) is 14.5. The van der Waals surface area contributed by atoms with E-state index < -0.39 is 0 Å². The predicted octanol–water partition coefficient (Wildman–Crippen LogP) is 4.81. The molecule has 0 spiro atoms. The molecule has 0 bridgehead atoms. The highest BCUT2D eigenvalue weighted by atomic mass is 79.9. The molecule has 0 saturated carbocycles. The van der Waals surface area contributed by atoms with Gasteiger partial charge in [-0.15, -0.1) is 0 Å². The molecule has 2 aromatic rings. The molecule has 0 atom stereocenters. The van der Waals surface area contributed by atoms with Crippen LogP contribution in [0, 0.1) is 0 Å². The van der Waals surface area contributed by atoms with Gasteiger partial charge in [0.1, 0.15) is 0 Å². The van der Waals surface area contributed by atoms with Crippen LogP contribution in [0.2, 0.25) is 5.02 Å². The molecule has 0 unspecified atom stereocenters. The minimum atomic E-state index is 0.281. The Bertz CT molecular complexity index is 768. The van der Waals surface area contributed by atoms with Gasteiger partial charge in [0.15, 0.2) is 5.11 Å². The second kappa shape index (κ2) is 9.75. The van der Waals surface area contributed by atoms with Crippen LogP contribution in [-0.4, -0.2) is 24.6 Å². The quantitative estimate of drug-likeness (QED) is 0.356. The number of halogens is 2. The molecule has 2 aromatic carbocycles. The van der Waals surface area contributed by atoms with Crippen LogP contribution in [-0.2, 0) is 4.79 Å². The van der Waals surface area contributed by atoms with E-state index in [1.807, 2.05) is 36.4 Å². The summed E-state index contributed by atoms with van der Waals surface area (Å²) in [5.41, 5.74) is 5.38. The highest BCUT2D eigenvalue weighted by molar-refractivity contribution is 9.10. The third-order valence-corrected chi connectivity index (χ3v) is 5.19. The van der Waals surface area contributed by atoms with Crippen molar-refractivity contribution in [1.29, 1.82) is 0 Å². The van der Waals surface area contributed by atoms with Gasteiger partial charge in [0.2, 0.25) is 6.41 Å². The summed E-state index contributed by atoms with van der Waals surface area (Å²) in [6, 6.07) is 13.1. The van der Waals surface area contributed by atoms with E-state index in [0.29, 0.717) is 17.1 Å². The van der Waals surface area contributed by atoms with Gasteiger partial charge < -0.3 is 10.2 Å². The summed E-state index contributed by atoms with van der Waals surface area (Å²) in [4.78, 5) is 13.7. The highest BCUT2D eigenvalue weighted by Gasteiger charge is 2.09. The average molecular weight is 456 g/mol. The van der Waals surface area contributed by atoms with E-state index in [2.05, 4.69) is 45.4 Å². The number of hydrazine groups is 1. The number of carbonyl (C=O) groups is 1. The number of hydrogen-bond acceptors (Lipinski definition) is 3. The number of rotatable bonds is 7. The molecule has 5 nitrogen and oxygen atoms in total. The van der Waals surface area contributed by atoms with Crippen molar-refractivity contribution in [3.8, 4) is 0 Å². The number of hydrogen-bond donors (Lipinski definition) is 2. The Kier molecular flexibility index (Phi) is 7.68. The largest absolute Gasteiger partial charge is 0.372 e. The maximum Gasteiger partial charge on any atom is 0.232 e. The number of nitrogens with zero attached hydrogens (tertiary/aromatic N) is 2. The Balaban J connectivity index is 2.04. The van der Waals surface area contributed by atoms with E-state index in [1.165, 1.54) is 5.01 Å². The van der Waals surface area contributed by atoms with E-state index in [1.54, 1.807) is 6.07 Å². The zero-order chi connectivity index (χ0) is 19.1. The monoisotopic (exact) mass is 454 g/mol. The number of nitrogens with one attached hydrogen (secondary N) is 2. The molecule has 0 aliphatic heterocycles. The Morgan fingerprint density at radius 3 is 2.31 bits per heavy atom. The van der Waals surface area contributed by atoms with Gasteiger partial charge in [-0.05, 0) is 84.5 Å². The summed E-state index contributed by atoms with van der Waals surface area (Å²) in [6.45, 7) is 6.06. The first-order chi connectivity index (χ1) is 12.5. The molecule has 0 aliphatic rings. The summed E-state index contributed by atoms with van der Waals surface area (Å²) in [6.07, 6.45) is 0.676. The van der Waals surface area contributed by atoms with E-state index in [9.17, 15) is 4.79 Å². The van der Waals surface area contributed by atoms with Crippen LogP contribution in [0.5, 0.6) is 0 Å². The van der Waals surface area contributed by atoms with Crippen LogP contribution >= 0.6 is 39.7 Å². The Morgan fingerprint density at radius 2 is 1.77 bits per heavy atom. The van der Waals surface area contributed by atoms with Crippen LogP contribution < -0.4 is 20.7 Å². The van der Waals surface area contributed by atoms with Gasteiger partial charge in [-0.25, -0.2) is 5.01 Å². The van der Waals surface area contributed by atoms with Crippen molar-refractivity contribution in [2.75, 3.05) is 28.3 Å². The molecule has 0 heterocycles. The van der Waals surface area contributed by atoms with Crippen LogP contribution in [0.4, 0.5) is 17.1 Å². The maximum absolute atomic E-state index is 11.5. The maximum atomic E-state index is 11.5. The summed E-state index contributed by atoms with van der Waals surface area (Å²) in [7, 11) is 0. The third kappa shape index (κ3) is 5.33.